The first kappa shape index (κ1) is 17.4. The minimum atomic E-state index is -0.366. The smallest absolute Gasteiger partial charge is 0.227 e. The average molecular weight is 319 g/mol. The predicted molar refractivity (Wildman–Crippen MR) is 84.2 cm³/mol. The van der Waals surface area contributed by atoms with E-state index in [0.29, 0.717) is 31.9 Å². The lowest BCUT2D eigenvalue weighted by Gasteiger charge is -2.30. The molecule has 0 aliphatic carbocycles. The minimum Gasteiger partial charge on any atom is -0.379 e. The van der Waals surface area contributed by atoms with Gasteiger partial charge in [0.2, 0.25) is 5.91 Å². The summed E-state index contributed by atoms with van der Waals surface area (Å²) in [5.41, 5.74) is 0.394. The highest BCUT2D eigenvalue weighted by Gasteiger charge is 2.18. The number of carbonyl (C=O) groups excluding carboxylic acids is 1. The number of morpholine rings is 1. The molecule has 0 bridgehead atoms. The third-order valence-corrected chi connectivity index (χ3v) is 3.94. The maximum absolute atomic E-state index is 13.7. The van der Waals surface area contributed by atoms with Crippen LogP contribution < -0.4 is 0 Å². The second-order valence-electron chi connectivity index (χ2n) is 5.51. The van der Waals surface area contributed by atoms with Gasteiger partial charge in [0.25, 0.3) is 0 Å². The van der Waals surface area contributed by atoms with Gasteiger partial charge in [-0.1, -0.05) is 18.2 Å². The number of nitrogens with zero attached hydrogens (tertiary/aromatic N) is 3. The molecule has 1 aliphatic rings. The minimum absolute atomic E-state index is 0.0290. The van der Waals surface area contributed by atoms with Crippen LogP contribution in [0.4, 0.5) is 4.39 Å². The number of hydrogen-bond donors (Lipinski definition) is 0. The van der Waals surface area contributed by atoms with Gasteiger partial charge >= 0.3 is 0 Å². The van der Waals surface area contributed by atoms with E-state index in [0.717, 1.165) is 19.6 Å². The topological polar surface area (TPSA) is 56.6 Å². The number of carbonyl (C=O) groups is 1. The summed E-state index contributed by atoms with van der Waals surface area (Å²) in [7, 11) is 0. The summed E-state index contributed by atoms with van der Waals surface area (Å²) in [4.78, 5) is 16.3. The predicted octanol–water partition coefficient (Wildman–Crippen LogP) is 1.44. The Bertz CT molecular complexity index is 553. The zero-order chi connectivity index (χ0) is 16.5. The van der Waals surface area contributed by atoms with Gasteiger partial charge in [0.1, 0.15) is 5.82 Å². The van der Waals surface area contributed by atoms with E-state index < -0.39 is 0 Å². The molecule has 5 nitrogen and oxygen atoms in total. The van der Waals surface area contributed by atoms with E-state index in [1.54, 1.807) is 23.1 Å². The van der Waals surface area contributed by atoms with Crippen LogP contribution in [-0.4, -0.2) is 61.6 Å². The molecule has 1 heterocycles. The summed E-state index contributed by atoms with van der Waals surface area (Å²) in [6.45, 7) is 4.81. The Labute approximate surface area is 136 Å². The van der Waals surface area contributed by atoms with Crippen LogP contribution in [0.1, 0.15) is 12.0 Å². The van der Waals surface area contributed by atoms with Gasteiger partial charge in [0, 0.05) is 32.7 Å². The van der Waals surface area contributed by atoms with E-state index >= 15 is 0 Å². The summed E-state index contributed by atoms with van der Waals surface area (Å²) >= 11 is 0. The van der Waals surface area contributed by atoms with Gasteiger partial charge in [-0.2, -0.15) is 5.26 Å². The van der Waals surface area contributed by atoms with Crippen LogP contribution in [0.5, 0.6) is 0 Å². The van der Waals surface area contributed by atoms with Crippen LogP contribution >= 0.6 is 0 Å². The number of amides is 1. The zero-order valence-corrected chi connectivity index (χ0v) is 13.2. The monoisotopic (exact) mass is 319 g/mol. The fraction of sp³-hybridized carbons (Fsp3) is 0.529. The van der Waals surface area contributed by atoms with Crippen LogP contribution in [0.25, 0.3) is 0 Å². The summed E-state index contributed by atoms with van der Waals surface area (Å²) in [6.07, 6.45) is 0.313. The molecule has 0 spiro atoms. The first-order chi connectivity index (χ1) is 11.2. The molecule has 23 heavy (non-hydrogen) atoms. The summed E-state index contributed by atoms with van der Waals surface area (Å²) in [5.74, 6) is -0.507. The zero-order valence-electron chi connectivity index (χ0n) is 13.2. The number of hydrogen-bond acceptors (Lipinski definition) is 4. The molecule has 1 amide bonds. The van der Waals surface area contributed by atoms with E-state index in [1.807, 2.05) is 0 Å². The SMILES string of the molecule is N#CCCN(CCN1CCOCC1)C(=O)Cc1ccccc1F. The van der Waals surface area contributed by atoms with Gasteiger partial charge in [-0.3, -0.25) is 9.69 Å². The molecule has 0 aromatic heterocycles. The van der Waals surface area contributed by atoms with E-state index in [9.17, 15) is 9.18 Å². The summed E-state index contributed by atoms with van der Waals surface area (Å²) < 4.78 is 19.0. The van der Waals surface area contributed by atoms with Gasteiger partial charge in [0.05, 0.1) is 32.1 Å². The average Bonchev–Trinajstić information content (AvgIpc) is 2.58. The molecule has 0 radical (unpaired) electrons. The largest absolute Gasteiger partial charge is 0.379 e. The van der Waals surface area contributed by atoms with E-state index in [-0.39, 0.29) is 24.6 Å². The Morgan fingerprint density at radius 3 is 2.74 bits per heavy atom. The van der Waals surface area contributed by atoms with Crippen molar-refractivity contribution in [2.75, 3.05) is 45.9 Å². The first-order valence-electron chi connectivity index (χ1n) is 7.89. The van der Waals surface area contributed by atoms with Crippen LogP contribution in [0.3, 0.4) is 0 Å². The molecule has 0 atom stereocenters. The number of nitriles is 1. The lowest BCUT2D eigenvalue weighted by atomic mass is 10.1. The summed E-state index contributed by atoms with van der Waals surface area (Å²) in [6, 6.07) is 8.37. The Hall–Kier alpha value is -1.97. The van der Waals surface area contributed by atoms with Crippen molar-refractivity contribution in [2.24, 2.45) is 0 Å². The molecule has 6 heteroatoms. The van der Waals surface area contributed by atoms with Gasteiger partial charge < -0.3 is 9.64 Å². The Morgan fingerprint density at radius 2 is 2.04 bits per heavy atom. The van der Waals surface area contributed by atoms with Crippen molar-refractivity contribution >= 4 is 5.91 Å². The van der Waals surface area contributed by atoms with Crippen LogP contribution in [-0.2, 0) is 16.0 Å². The van der Waals surface area contributed by atoms with Crippen LogP contribution in [0.2, 0.25) is 0 Å². The van der Waals surface area contributed by atoms with Gasteiger partial charge in [-0.15, -0.1) is 0 Å². The number of rotatable bonds is 7. The molecule has 1 fully saturated rings. The van der Waals surface area contributed by atoms with Crippen LogP contribution in [0, 0.1) is 17.1 Å². The maximum Gasteiger partial charge on any atom is 0.227 e. The second kappa shape index (κ2) is 9.23. The van der Waals surface area contributed by atoms with Crippen molar-refractivity contribution in [1.82, 2.24) is 9.80 Å². The number of benzene rings is 1. The van der Waals surface area contributed by atoms with Crippen molar-refractivity contribution in [3.8, 4) is 6.07 Å². The maximum atomic E-state index is 13.7. The van der Waals surface area contributed by atoms with E-state index in [1.165, 1.54) is 6.07 Å². The van der Waals surface area contributed by atoms with Crippen molar-refractivity contribution in [1.29, 1.82) is 5.26 Å². The highest BCUT2D eigenvalue weighted by atomic mass is 19.1. The molecule has 1 aromatic rings. The van der Waals surface area contributed by atoms with Crippen LogP contribution in [0.15, 0.2) is 24.3 Å². The van der Waals surface area contributed by atoms with Crippen molar-refractivity contribution in [3.05, 3.63) is 35.6 Å². The molecule has 0 N–H and O–H groups in total. The molecule has 1 aromatic carbocycles. The van der Waals surface area contributed by atoms with Crippen molar-refractivity contribution in [3.63, 3.8) is 0 Å². The van der Waals surface area contributed by atoms with Crippen molar-refractivity contribution in [2.45, 2.75) is 12.8 Å². The molecular formula is C17H22FN3O2. The fourth-order valence-corrected chi connectivity index (χ4v) is 2.55. The first-order valence-corrected chi connectivity index (χ1v) is 7.89. The van der Waals surface area contributed by atoms with Gasteiger partial charge in [0.15, 0.2) is 0 Å². The van der Waals surface area contributed by atoms with Crippen molar-refractivity contribution < 1.29 is 13.9 Å². The quantitative estimate of drug-likeness (QED) is 0.763. The fourth-order valence-electron chi connectivity index (χ4n) is 2.55. The third kappa shape index (κ3) is 5.62. The summed E-state index contributed by atoms with van der Waals surface area (Å²) in [5, 5.41) is 8.77. The normalized spacial score (nSPS) is 15.1. The molecule has 1 aliphatic heterocycles. The highest BCUT2D eigenvalue weighted by Crippen LogP contribution is 2.09. The Morgan fingerprint density at radius 1 is 1.30 bits per heavy atom. The van der Waals surface area contributed by atoms with E-state index in [2.05, 4.69) is 11.0 Å². The Balaban J connectivity index is 1.91. The molecule has 1 saturated heterocycles. The lowest BCUT2D eigenvalue weighted by molar-refractivity contribution is -0.130. The van der Waals surface area contributed by atoms with Gasteiger partial charge in [-0.05, 0) is 11.6 Å². The Kier molecular flexibility index (Phi) is 6.98. The molecular weight excluding hydrogens is 297 g/mol. The number of halogens is 1. The lowest BCUT2D eigenvalue weighted by Crippen LogP contribution is -2.43. The highest BCUT2D eigenvalue weighted by molar-refractivity contribution is 5.78. The molecule has 2 rings (SSSR count). The molecule has 124 valence electrons. The second-order valence-corrected chi connectivity index (χ2v) is 5.51. The third-order valence-electron chi connectivity index (χ3n) is 3.94. The standard InChI is InChI=1S/C17H22FN3O2/c18-16-5-2-1-4-15(16)14-17(22)21(7-3-6-19)9-8-20-10-12-23-13-11-20/h1-2,4-5H,3,7-14H2. The molecule has 0 saturated carbocycles. The van der Waals surface area contributed by atoms with E-state index in [4.69, 9.17) is 10.00 Å². The number of ether oxygens (including phenoxy) is 1. The van der Waals surface area contributed by atoms with Gasteiger partial charge in [-0.25, -0.2) is 4.39 Å². The molecule has 0 unspecified atom stereocenters.